The van der Waals surface area contributed by atoms with Crippen LogP contribution in [0.1, 0.15) is 43.0 Å². The second kappa shape index (κ2) is 9.10. The van der Waals surface area contributed by atoms with Gasteiger partial charge in [0.1, 0.15) is 0 Å². The van der Waals surface area contributed by atoms with E-state index in [0.29, 0.717) is 22.6 Å². The van der Waals surface area contributed by atoms with Gasteiger partial charge in [-0.1, -0.05) is 24.3 Å². The molecule has 0 aliphatic carbocycles. The lowest BCUT2D eigenvalue weighted by Gasteiger charge is -2.14. The molecule has 0 spiro atoms. The summed E-state index contributed by atoms with van der Waals surface area (Å²) < 4.78 is 0. The third-order valence-electron chi connectivity index (χ3n) is 5.15. The van der Waals surface area contributed by atoms with Crippen molar-refractivity contribution in [2.75, 3.05) is 11.1 Å². The number of carbonyl (C=O) groups excluding carboxylic acids is 2. The molecule has 148 valence electrons. The average molecular weight is 404 g/mol. The Labute approximate surface area is 176 Å². The lowest BCUT2D eigenvalue weighted by atomic mass is 10.0. The summed E-state index contributed by atoms with van der Waals surface area (Å²) in [5.41, 5.74) is 6.90. The van der Waals surface area contributed by atoms with Crippen molar-refractivity contribution in [3.05, 3.63) is 94.0 Å². The van der Waals surface area contributed by atoms with Crippen LogP contribution in [0.25, 0.3) is 0 Å². The van der Waals surface area contributed by atoms with Gasteiger partial charge in [0.25, 0.3) is 5.91 Å². The summed E-state index contributed by atoms with van der Waals surface area (Å²) >= 11 is 1.60. The van der Waals surface area contributed by atoms with E-state index in [-0.39, 0.29) is 11.7 Å². The number of carbonyl (C=O) groups is 2. The van der Waals surface area contributed by atoms with Gasteiger partial charge in [0, 0.05) is 21.7 Å². The number of nitrogens with one attached hydrogen (secondary N) is 1. The van der Waals surface area contributed by atoms with E-state index >= 15 is 0 Å². The smallest absolute Gasteiger partial charge is 0.255 e. The third kappa shape index (κ3) is 4.96. The molecule has 3 rings (SSSR count). The van der Waals surface area contributed by atoms with Crippen molar-refractivity contribution in [1.82, 2.24) is 0 Å². The van der Waals surface area contributed by atoms with Crippen molar-refractivity contribution in [3.63, 3.8) is 0 Å². The minimum Gasteiger partial charge on any atom is -0.322 e. The van der Waals surface area contributed by atoms with E-state index < -0.39 is 0 Å². The average Bonchev–Trinajstić information content (AvgIpc) is 2.73. The van der Waals surface area contributed by atoms with Crippen LogP contribution in [0.4, 0.5) is 5.69 Å². The molecule has 0 atom stereocenters. The maximum atomic E-state index is 12.7. The van der Waals surface area contributed by atoms with Crippen molar-refractivity contribution in [2.24, 2.45) is 0 Å². The fourth-order valence-electron chi connectivity index (χ4n) is 3.15. The summed E-state index contributed by atoms with van der Waals surface area (Å²) in [4.78, 5) is 26.1. The second-order valence-electron chi connectivity index (χ2n) is 7.20. The predicted molar refractivity (Wildman–Crippen MR) is 121 cm³/mol. The van der Waals surface area contributed by atoms with Gasteiger partial charge in [-0.15, -0.1) is 11.8 Å². The van der Waals surface area contributed by atoms with Crippen LogP contribution in [0.2, 0.25) is 0 Å². The van der Waals surface area contributed by atoms with Gasteiger partial charge in [0.2, 0.25) is 0 Å². The first-order valence-electron chi connectivity index (χ1n) is 9.56. The van der Waals surface area contributed by atoms with Crippen molar-refractivity contribution in [3.8, 4) is 0 Å². The standard InChI is InChI=1S/C25H25NO2S/c1-16-14-17(2)19(4)24(18(16)3)29-15-23(27)20-10-12-22(13-11-20)26-25(28)21-8-6-5-7-9-21/h5-14H,15H2,1-4H3,(H,26,28). The maximum absolute atomic E-state index is 12.7. The van der Waals surface area contributed by atoms with E-state index in [4.69, 9.17) is 0 Å². The molecule has 0 unspecified atom stereocenters. The maximum Gasteiger partial charge on any atom is 0.255 e. The zero-order chi connectivity index (χ0) is 21.0. The third-order valence-corrected chi connectivity index (χ3v) is 6.45. The largest absolute Gasteiger partial charge is 0.322 e. The van der Waals surface area contributed by atoms with Crippen LogP contribution in [0.3, 0.4) is 0 Å². The molecule has 3 aromatic rings. The molecule has 3 aromatic carbocycles. The van der Waals surface area contributed by atoms with Crippen LogP contribution in [-0.2, 0) is 0 Å². The Morgan fingerprint density at radius 2 is 1.38 bits per heavy atom. The summed E-state index contributed by atoms with van der Waals surface area (Å²) in [5, 5.41) is 2.85. The highest BCUT2D eigenvalue weighted by atomic mass is 32.2. The highest BCUT2D eigenvalue weighted by molar-refractivity contribution is 8.00. The number of benzene rings is 3. The predicted octanol–water partition coefficient (Wildman–Crippen LogP) is 6.15. The molecule has 0 heterocycles. The molecular weight excluding hydrogens is 378 g/mol. The topological polar surface area (TPSA) is 46.2 Å². The van der Waals surface area contributed by atoms with E-state index in [0.717, 1.165) is 0 Å². The lowest BCUT2D eigenvalue weighted by Crippen LogP contribution is -2.12. The van der Waals surface area contributed by atoms with E-state index in [2.05, 4.69) is 39.1 Å². The van der Waals surface area contributed by atoms with Gasteiger partial charge < -0.3 is 5.32 Å². The molecule has 29 heavy (non-hydrogen) atoms. The zero-order valence-corrected chi connectivity index (χ0v) is 18.0. The minimum absolute atomic E-state index is 0.0777. The summed E-state index contributed by atoms with van der Waals surface area (Å²) in [6, 6.07) is 18.3. The van der Waals surface area contributed by atoms with Gasteiger partial charge in [-0.2, -0.15) is 0 Å². The first kappa shape index (κ1) is 20.9. The normalized spacial score (nSPS) is 10.6. The van der Waals surface area contributed by atoms with Crippen LogP contribution in [-0.4, -0.2) is 17.4 Å². The van der Waals surface area contributed by atoms with Crippen molar-refractivity contribution < 1.29 is 9.59 Å². The van der Waals surface area contributed by atoms with Gasteiger partial charge in [-0.25, -0.2) is 0 Å². The molecule has 0 aromatic heterocycles. The van der Waals surface area contributed by atoms with Gasteiger partial charge in [0.15, 0.2) is 5.78 Å². The minimum atomic E-state index is -0.166. The Morgan fingerprint density at radius 3 is 1.97 bits per heavy atom. The first-order valence-corrected chi connectivity index (χ1v) is 10.5. The molecule has 0 bridgehead atoms. The van der Waals surface area contributed by atoms with Crippen LogP contribution in [0.5, 0.6) is 0 Å². The van der Waals surface area contributed by atoms with E-state index in [1.807, 2.05) is 18.2 Å². The molecule has 0 fully saturated rings. The van der Waals surface area contributed by atoms with Crippen LogP contribution in [0, 0.1) is 27.7 Å². The molecule has 1 amide bonds. The number of ketones is 1. The monoisotopic (exact) mass is 403 g/mol. The molecule has 0 radical (unpaired) electrons. The quantitative estimate of drug-likeness (QED) is 0.397. The number of rotatable bonds is 6. The van der Waals surface area contributed by atoms with Crippen LogP contribution in [0.15, 0.2) is 65.6 Å². The van der Waals surface area contributed by atoms with E-state index in [9.17, 15) is 9.59 Å². The number of hydrogen-bond acceptors (Lipinski definition) is 3. The van der Waals surface area contributed by atoms with Gasteiger partial charge in [-0.05, 0) is 86.3 Å². The van der Waals surface area contributed by atoms with Crippen LogP contribution < -0.4 is 5.32 Å². The Kier molecular flexibility index (Phi) is 6.55. The van der Waals surface area contributed by atoms with Gasteiger partial charge >= 0.3 is 0 Å². The molecule has 0 aliphatic heterocycles. The molecular formula is C25H25NO2S. The molecule has 0 saturated heterocycles. The number of Topliss-reactive ketones (excluding diaryl/α,β-unsaturated/α-hetero) is 1. The Hall–Kier alpha value is -2.85. The highest BCUT2D eigenvalue weighted by Gasteiger charge is 2.13. The van der Waals surface area contributed by atoms with Crippen molar-refractivity contribution in [2.45, 2.75) is 32.6 Å². The Balaban J connectivity index is 1.65. The Morgan fingerprint density at radius 1 is 0.793 bits per heavy atom. The summed E-state index contributed by atoms with van der Waals surface area (Å²) in [7, 11) is 0. The summed E-state index contributed by atoms with van der Waals surface area (Å²) in [6.07, 6.45) is 0. The molecule has 1 N–H and O–H groups in total. The molecule has 0 saturated carbocycles. The van der Waals surface area contributed by atoms with Crippen molar-refractivity contribution in [1.29, 1.82) is 0 Å². The Bertz CT molecular complexity index is 1010. The lowest BCUT2D eigenvalue weighted by molar-refractivity contribution is 0.101. The first-order chi connectivity index (χ1) is 13.9. The summed E-state index contributed by atoms with van der Waals surface area (Å²) in [6.45, 7) is 8.43. The number of hydrogen-bond donors (Lipinski definition) is 1. The summed E-state index contributed by atoms with van der Waals surface area (Å²) in [5.74, 6) is 0.301. The molecule has 3 nitrogen and oxygen atoms in total. The highest BCUT2D eigenvalue weighted by Crippen LogP contribution is 2.31. The van der Waals surface area contributed by atoms with E-state index in [1.165, 1.54) is 27.1 Å². The van der Waals surface area contributed by atoms with Gasteiger partial charge in [0.05, 0.1) is 5.75 Å². The number of thioether (sulfide) groups is 1. The van der Waals surface area contributed by atoms with E-state index in [1.54, 1.807) is 48.2 Å². The fourth-order valence-corrected chi connectivity index (χ4v) is 4.35. The van der Waals surface area contributed by atoms with Crippen molar-refractivity contribution >= 4 is 29.1 Å². The van der Waals surface area contributed by atoms with Crippen LogP contribution >= 0.6 is 11.8 Å². The molecule has 4 heteroatoms. The molecule has 0 aliphatic rings. The number of anilines is 1. The number of aryl methyl sites for hydroxylation is 2. The number of amides is 1. The van der Waals surface area contributed by atoms with Gasteiger partial charge in [-0.3, -0.25) is 9.59 Å². The fraction of sp³-hybridized carbons (Fsp3) is 0.200. The SMILES string of the molecule is Cc1cc(C)c(C)c(SCC(=O)c2ccc(NC(=O)c3ccccc3)cc2)c1C. The zero-order valence-electron chi connectivity index (χ0n) is 17.2. The second-order valence-corrected chi connectivity index (χ2v) is 8.18.